The van der Waals surface area contributed by atoms with Gasteiger partial charge in [0.05, 0.1) is 34.6 Å². The van der Waals surface area contributed by atoms with Crippen molar-refractivity contribution in [2.24, 2.45) is 16.6 Å². The van der Waals surface area contributed by atoms with Crippen molar-refractivity contribution < 1.29 is 0 Å². The highest BCUT2D eigenvalue weighted by molar-refractivity contribution is 5.60. The topological polar surface area (TPSA) is 133 Å². The van der Waals surface area contributed by atoms with Gasteiger partial charge in [0.25, 0.3) is 0 Å². The van der Waals surface area contributed by atoms with E-state index in [9.17, 15) is 21.0 Å². The molecule has 2 bridgehead atoms. The molecule has 3 rings (SSSR count). The van der Waals surface area contributed by atoms with E-state index in [0.29, 0.717) is 12.0 Å². The molecule has 1 fully saturated rings. The molecule has 104 valence electrons. The first-order valence-electron chi connectivity index (χ1n) is 6.39. The van der Waals surface area contributed by atoms with E-state index < -0.39 is 16.4 Å². The summed E-state index contributed by atoms with van der Waals surface area (Å²) in [6.45, 7) is 5.53. The number of nitriles is 4. The van der Waals surface area contributed by atoms with Crippen LogP contribution in [0.1, 0.15) is 27.2 Å². The Hall–Kier alpha value is -2.96. The number of allylic oxidation sites excluding steroid dienone is 1. The third kappa shape index (κ3) is 1.42. The quantitative estimate of drug-likeness (QED) is 0.642. The second kappa shape index (κ2) is 4.02. The number of fused-ring (bicyclic) bond motifs is 2. The molecular formula is C15H14N6. The van der Waals surface area contributed by atoms with Gasteiger partial charge < -0.3 is 11.1 Å². The zero-order valence-electron chi connectivity index (χ0n) is 12.1. The van der Waals surface area contributed by atoms with Gasteiger partial charge in [-0.15, -0.1) is 0 Å². The molecule has 6 heteroatoms. The molecule has 2 atom stereocenters. The standard InChI is InChI=1S/C15H14N6/c1-13(2)7-14(3)10(6-18)11(20)15(13,8-19)12(21-14)9(4-16)5-17/h21H,7,20H2,1-3H3/t14-,15+/m0/s1. The van der Waals surface area contributed by atoms with Crippen LogP contribution in [-0.2, 0) is 0 Å². The van der Waals surface area contributed by atoms with Crippen LogP contribution in [-0.4, -0.2) is 5.54 Å². The van der Waals surface area contributed by atoms with Gasteiger partial charge in [-0.25, -0.2) is 0 Å². The molecule has 0 amide bonds. The Morgan fingerprint density at radius 2 is 1.71 bits per heavy atom. The highest BCUT2D eigenvalue weighted by Gasteiger charge is 2.65. The summed E-state index contributed by atoms with van der Waals surface area (Å²) in [7, 11) is 0. The SMILES string of the molecule is CC1(C)C[C@]2(C)NC(=C(C#N)C#N)[C@@]1(C#N)C(N)=C2C#N. The molecule has 1 aliphatic carbocycles. The van der Waals surface area contributed by atoms with Gasteiger partial charge in [-0.2, -0.15) is 21.0 Å². The lowest BCUT2D eigenvalue weighted by Gasteiger charge is -2.59. The monoisotopic (exact) mass is 278 g/mol. The first-order chi connectivity index (χ1) is 9.74. The molecular weight excluding hydrogens is 264 g/mol. The molecule has 0 aromatic rings. The number of hydrogen-bond donors (Lipinski definition) is 2. The van der Waals surface area contributed by atoms with E-state index in [1.165, 1.54) is 0 Å². The Kier molecular flexibility index (Phi) is 2.76. The van der Waals surface area contributed by atoms with Crippen molar-refractivity contribution in [2.75, 3.05) is 0 Å². The maximum Gasteiger partial charge on any atom is 0.150 e. The summed E-state index contributed by atoms with van der Waals surface area (Å²) < 4.78 is 0. The molecule has 6 nitrogen and oxygen atoms in total. The Labute approximate surface area is 123 Å². The predicted octanol–water partition coefficient (Wildman–Crippen LogP) is 1.33. The number of piperidine rings is 1. The third-order valence-electron chi connectivity index (χ3n) is 4.56. The van der Waals surface area contributed by atoms with Crippen molar-refractivity contribution in [1.29, 1.82) is 21.0 Å². The van der Waals surface area contributed by atoms with Crippen molar-refractivity contribution in [3.8, 4) is 24.3 Å². The van der Waals surface area contributed by atoms with Crippen molar-refractivity contribution in [1.82, 2.24) is 5.32 Å². The van der Waals surface area contributed by atoms with Gasteiger partial charge in [0.1, 0.15) is 17.6 Å². The van der Waals surface area contributed by atoms with Gasteiger partial charge in [0, 0.05) is 0 Å². The Morgan fingerprint density at radius 3 is 2.14 bits per heavy atom. The summed E-state index contributed by atoms with van der Waals surface area (Å²) in [4.78, 5) is 0. The lowest BCUT2D eigenvalue weighted by atomic mass is 9.49. The summed E-state index contributed by atoms with van der Waals surface area (Å²) in [5.74, 6) is 0. The van der Waals surface area contributed by atoms with E-state index in [-0.39, 0.29) is 17.0 Å². The highest BCUT2D eigenvalue weighted by Crippen LogP contribution is 2.61. The second-order valence-corrected chi connectivity index (χ2v) is 6.25. The van der Waals surface area contributed by atoms with Crippen LogP contribution in [0, 0.1) is 56.2 Å². The van der Waals surface area contributed by atoms with E-state index in [1.54, 1.807) is 6.92 Å². The molecule has 0 aromatic carbocycles. The van der Waals surface area contributed by atoms with Crippen LogP contribution < -0.4 is 11.1 Å². The first kappa shape index (κ1) is 14.4. The van der Waals surface area contributed by atoms with Gasteiger partial charge in [0.15, 0.2) is 5.57 Å². The minimum absolute atomic E-state index is 0.142. The van der Waals surface area contributed by atoms with Crippen LogP contribution in [0.25, 0.3) is 0 Å². The fraction of sp³-hybridized carbons (Fsp3) is 0.467. The number of hydrogen-bond acceptors (Lipinski definition) is 6. The zero-order chi connectivity index (χ0) is 16.1. The molecule has 2 heterocycles. The van der Waals surface area contributed by atoms with E-state index in [1.807, 2.05) is 26.0 Å². The van der Waals surface area contributed by atoms with E-state index >= 15 is 0 Å². The van der Waals surface area contributed by atoms with E-state index in [4.69, 9.17) is 5.73 Å². The normalized spacial score (nSPS) is 32.2. The van der Waals surface area contributed by atoms with Crippen LogP contribution in [0.5, 0.6) is 0 Å². The van der Waals surface area contributed by atoms with Crippen LogP contribution in [0.3, 0.4) is 0 Å². The number of nitrogens with zero attached hydrogens (tertiary/aromatic N) is 4. The first-order valence-corrected chi connectivity index (χ1v) is 6.39. The van der Waals surface area contributed by atoms with Crippen LogP contribution >= 0.6 is 0 Å². The Bertz CT molecular complexity index is 742. The Morgan fingerprint density at radius 1 is 1.14 bits per heavy atom. The maximum absolute atomic E-state index is 9.81. The van der Waals surface area contributed by atoms with Gasteiger partial charge in [0.2, 0.25) is 0 Å². The number of rotatable bonds is 0. The molecule has 0 aromatic heterocycles. The fourth-order valence-electron chi connectivity index (χ4n) is 3.74. The summed E-state index contributed by atoms with van der Waals surface area (Å²) in [6, 6.07) is 7.88. The maximum atomic E-state index is 9.81. The third-order valence-corrected chi connectivity index (χ3v) is 4.56. The smallest absolute Gasteiger partial charge is 0.150 e. The Balaban J connectivity index is 3.01. The number of nitrogens with one attached hydrogen (secondary N) is 1. The summed E-state index contributed by atoms with van der Waals surface area (Å²) >= 11 is 0. The molecule has 21 heavy (non-hydrogen) atoms. The minimum atomic E-state index is -1.36. The van der Waals surface area contributed by atoms with Crippen molar-refractivity contribution >= 4 is 0 Å². The summed E-state index contributed by atoms with van der Waals surface area (Å²) in [5, 5.41) is 40.6. The van der Waals surface area contributed by atoms with E-state index in [2.05, 4.69) is 17.5 Å². The highest BCUT2D eigenvalue weighted by atomic mass is 15.1. The molecule has 1 saturated heterocycles. The fourth-order valence-corrected chi connectivity index (χ4v) is 3.74. The summed E-state index contributed by atoms with van der Waals surface area (Å²) in [6.07, 6.45) is 0.505. The summed E-state index contributed by atoms with van der Waals surface area (Å²) in [5.41, 5.74) is 3.89. The van der Waals surface area contributed by atoms with Gasteiger partial charge in [-0.3, -0.25) is 0 Å². The largest absolute Gasteiger partial charge is 0.400 e. The molecule has 0 radical (unpaired) electrons. The second-order valence-electron chi connectivity index (χ2n) is 6.25. The molecule has 3 N–H and O–H groups in total. The van der Waals surface area contributed by atoms with E-state index in [0.717, 1.165) is 0 Å². The predicted molar refractivity (Wildman–Crippen MR) is 73.1 cm³/mol. The lowest BCUT2D eigenvalue weighted by molar-refractivity contribution is 0.0758. The van der Waals surface area contributed by atoms with Crippen LogP contribution in [0.15, 0.2) is 22.5 Å². The molecule has 0 spiro atoms. The minimum Gasteiger partial charge on any atom is -0.400 e. The van der Waals surface area contributed by atoms with Crippen molar-refractivity contribution in [3.05, 3.63) is 22.5 Å². The van der Waals surface area contributed by atoms with Gasteiger partial charge in [-0.05, 0) is 18.8 Å². The van der Waals surface area contributed by atoms with Gasteiger partial charge >= 0.3 is 0 Å². The molecule has 0 saturated carbocycles. The van der Waals surface area contributed by atoms with Gasteiger partial charge in [-0.1, -0.05) is 13.8 Å². The van der Waals surface area contributed by atoms with Crippen molar-refractivity contribution in [2.45, 2.75) is 32.7 Å². The van der Waals surface area contributed by atoms with Crippen LogP contribution in [0.2, 0.25) is 0 Å². The average Bonchev–Trinajstić information content (AvgIpc) is 2.38. The number of nitrogens with two attached hydrogens (primary N) is 1. The average molecular weight is 278 g/mol. The lowest BCUT2D eigenvalue weighted by Crippen LogP contribution is -2.66. The molecule has 2 aliphatic heterocycles. The van der Waals surface area contributed by atoms with Crippen molar-refractivity contribution in [3.63, 3.8) is 0 Å². The molecule has 3 aliphatic rings. The van der Waals surface area contributed by atoms with Crippen LogP contribution in [0.4, 0.5) is 0 Å². The zero-order valence-corrected chi connectivity index (χ0v) is 12.1. The molecule has 0 unspecified atom stereocenters.